The molecule has 1 atom stereocenters. The maximum absolute atomic E-state index is 12.2. The highest BCUT2D eigenvalue weighted by molar-refractivity contribution is 6.18. The van der Waals surface area contributed by atoms with Crippen LogP contribution in [0.2, 0.25) is 0 Å². The van der Waals surface area contributed by atoms with E-state index in [0.717, 1.165) is 5.39 Å². The van der Waals surface area contributed by atoms with Crippen molar-refractivity contribution in [1.82, 2.24) is 0 Å². The van der Waals surface area contributed by atoms with Crippen molar-refractivity contribution in [3.8, 4) is 5.75 Å². The van der Waals surface area contributed by atoms with Gasteiger partial charge in [0.05, 0.1) is 18.2 Å². The van der Waals surface area contributed by atoms with Gasteiger partial charge < -0.3 is 9.47 Å². The number of rotatable bonds is 2. The second-order valence-corrected chi connectivity index (χ2v) is 5.31. The molecular weight excluding hydrogens is 303 g/mol. The van der Waals surface area contributed by atoms with Crippen molar-refractivity contribution in [1.29, 1.82) is 0 Å². The van der Waals surface area contributed by atoms with Gasteiger partial charge in [-0.3, -0.25) is 4.79 Å². The van der Waals surface area contributed by atoms with Gasteiger partial charge in [-0.1, -0.05) is 50.3 Å². The van der Waals surface area contributed by atoms with Gasteiger partial charge in [0, 0.05) is 16.5 Å². The number of carbonyl (C=O) groups excluding carboxylic acids is 2. The van der Waals surface area contributed by atoms with Gasteiger partial charge in [-0.2, -0.15) is 0 Å². The van der Waals surface area contributed by atoms with Crippen molar-refractivity contribution >= 4 is 37.0 Å². The molecule has 1 unspecified atom stereocenters. The van der Waals surface area contributed by atoms with Crippen LogP contribution >= 0.6 is 0 Å². The second-order valence-electron chi connectivity index (χ2n) is 5.31. The van der Waals surface area contributed by atoms with Crippen LogP contribution in [0.3, 0.4) is 0 Å². The Labute approximate surface area is 142 Å². The summed E-state index contributed by atoms with van der Waals surface area (Å²) in [6, 6.07) is 7.23. The average Bonchev–Trinajstić information content (AvgIpc) is 2.61. The molecule has 0 saturated carbocycles. The maximum atomic E-state index is 12.2. The number of carbonyl (C=O) groups is 2. The van der Waals surface area contributed by atoms with Gasteiger partial charge >= 0.3 is 5.97 Å². The lowest BCUT2D eigenvalue weighted by Gasteiger charge is -2.31. The number of fused-ring (bicyclic) bond motifs is 3. The minimum Gasteiger partial charge on any atom is -0.492 e. The molecule has 0 aromatic heterocycles. The molecular formula is C19H19BO4. The van der Waals surface area contributed by atoms with Gasteiger partial charge in [0.1, 0.15) is 13.6 Å². The monoisotopic (exact) mass is 322 g/mol. The van der Waals surface area contributed by atoms with E-state index in [4.69, 9.17) is 17.3 Å². The summed E-state index contributed by atoms with van der Waals surface area (Å²) >= 11 is 0. The first-order valence-electron chi connectivity index (χ1n) is 7.78. The van der Waals surface area contributed by atoms with Gasteiger partial charge in [-0.15, -0.1) is 0 Å². The molecule has 2 aromatic rings. The maximum Gasteiger partial charge on any atom is 0.339 e. The number of esters is 1. The van der Waals surface area contributed by atoms with E-state index >= 15 is 0 Å². The summed E-state index contributed by atoms with van der Waals surface area (Å²) in [5, 5.41) is 1.36. The summed E-state index contributed by atoms with van der Waals surface area (Å²) in [7, 11) is 7.29. The first-order valence-corrected chi connectivity index (χ1v) is 7.78. The third-order valence-corrected chi connectivity index (χ3v) is 3.66. The van der Waals surface area contributed by atoms with Crippen molar-refractivity contribution in [3.63, 3.8) is 0 Å². The van der Waals surface area contributed by atoms with Crippen LogP contribution in [-0.4, -0.2) is 32.7 Å². The van der Waals surface area contributed by atoms with Crippen LogP contribution in [0.4, 0.5) is 0 Å². The van der Waals surface area contributed by atoms with Crippen LogP contribution in [0.25, 0.3) is 16.8 Å². The molecule has 0 N–H and O–H groups in total. The molecule has 0 saturated heterocycles. The molecule has 4 nitrogen and oxygen atoms in total. The smallest absolute Gasteiger partial charge is 0.339 e. The summed E-state index contributed by atoms with van der Waals surface area (Å²) in [5.74, 6) is -0.105. The zero-order chi connectivity index (χ0) is 17.9. The van der Waals surface area contributed by atoms with Crippen molar-refractivity contribution < 1.29 is 19.1 Å². The van der Waals surface area contributed by atoms with E-state index in [1.807, 2.05) is 26.0 Å². The van der Waals surface area contributed by atoms with Crippen LogP contribution in [0.1, 0.15) is 47.1 Å². The number of methoxy groups -OCH3 is 1. The summed E-state index contributed by atoms with van der Waals surface area (Å²) in [6.45, 7) is 5.71. The van der Waals surface area contributed by atoms with Crippen LogP contribution in [0.15, 0.2) is 30.3 Å². The first kappa shape index (κ1) is 17.8. The fraction of sp³-hybridized carbons (Fsp3) is 0.263. The molecule has 3 rings (SSSR count). The van der Waals surface area contributed by atoms with Gasteiger partial charge in [0.25, 0.3) is 0 Å². The van der Waals surface area contributed by atoms with Crippen LogP contribution in [-0.2, 0) is 4.74 Å². The standard InChI is InChI=1S/C17H13BO4.C2H6/c1-17(18)8-7-12-14(16(20)21-2)13(9-19)10-5-3-4-6-11(10)15(12)22-17;1-2/h3-9H,1-2H3;1-2H3. The lowest BCUT2D eigenvalue weighted by Crippen LogP contribution is -2.32. The largest absolute Gasteiger partial charge is 0.492 e. The highest BCUT2D eigenvalue weighted by Gasteiger charge is 2.29. The van der Waals surface area contributed by atoms with E-state index < -0.39 is 11.5 Å². The Hall–Kier alpha value is -2.56. The molecule has 0 fully saturated rings. The lowest BCUT2D eigenvalue weighted by atomic mass is 9.80. The third kappa shape index (κ3) is 2.94. The fourth-order valence-electron chi connectivity index (χ4n) is 2.67. The fourth-order valence-corrected chi connectivity index (χ4v) is 2.67. The van der Waals surface area contributed by atoms with Gasteiger partial charge in [-0.05, 0) is 12.3 Å². The van der Waals surface area contributed by atoms with E-state index in [9.17, 15) is 9.59 Å². The van der Waals surface area contributed by atoms with Crippen molar-refractivity contribution in [3.05, 3.63) is 47.0 Å². The Morgan fingerprint density at radius 1 is 1.25 bits per heavy atom. The van der Waals surface area contributed by atoms with Crippen LogP contribution in [0.5, 0.6) is 5.75 Å². The van der Waals surface area contributed by atoms with Gasteiger partial charge in [-0.25, -0.2) is 4.79 Å². The van der Waals surface area contributed by atoms with E-state index in [2.05, 4.69) is 0 Å². The minimum absolute atomic E-state index is 0.193. The Kier molecular flexibility index (Phi) is 5.12. The molecule has 0 spiro atoms. The van der Waals surface area contributed by atoms with Crippen LogP contribution in [0, 0.1) is 0 Å². The highest BCUT2D eigenvalue weighted by atomic mass is 16.5. The van der Waals surface area contributed by atoms with Gasteiger partial charge in [0.15, 0.2) is 6.29 Å². The van der Waals surface area contributed by atoms with E-state index in [1.165, 1.54) is 7.11 Å². The summed E-state index contributed by atoms with van der Waals surface area (Å²) in [5.41, 5.74) is 0.00914. The number of aldehydes is 1. The quantitative estimate of drug-likeness (QED) is 0.480. The molecule has 24 heavy (non-hydrogen) atoms. The Balaban J connectivity index is 0.00000100. The average molecular weight is 322 g/mol. The second kappa shape index (κ2) is 6.91. The van der Waals surface area contributed by atoms with Crippen molar-refractivity contribution in [2.24, 2.45) is 0 Å². The zero-order valence-electron chi connectivity index (χ0n) is 14.3. The predicted octanol–water partition coefficient (Wildman–Crippen LogP) is 3.76. The SMILES string of the molecule is CC.[B]C1(C)C=Cc2c(C(=O)OC)c(C=O)c3ccccc3c2O1. The molecule has 122 valence electrons. The van der Waals surface area contributed by atoms with E-state index in [1.54, 1.807) is 31.2 Å². The summed E-state index contributed by atoms with van der Waals surface area (Å²) < 4.78 is 10.7. The third-order valence-electron chi connectivity index (χ3n) is 3.66. The molecule has 0 aliphatic carbocycles. The number of ether oxygens (including phenoxy) is 2. The molecule has 1 aliphatic rings. The summed E-state index contributed by atoms with van der Waals surface area (Å²) in [4.78, 5) is 23.7. The predicted molar refractivity (Wildman–Crippen MR) is 95.8 cm³/mol. The van der Waals surface area contributed by atoms with Crippen molar-refractivity contribution in [2.45, 2.75) is 26.3 Å². The molecule has 2 aromatic carbocycles. The lowest BCUT2D eigenvalue weighted by molar-refractivity contribution is 0.0597. The number of hydrogen-bond acceptors (Lipinski definition) is 4. The number of hydrogen-bond donors (Lipinski definition) is 0. The normalized spacial score (nSPS) is 18.0. The number of benzene rings is 2. The molecule has 1 aliphatic heterocycles. The van der Waals surface area contributed by atoms with E-state index in [0.29, 0.717) is 23.0 Å². The Morgan fingerprint density at radius 2 is 1.88 bits per heavy atom. The molecule has 1 heterocycles. The van der Waals surface area contributed by atoms with Crippen LogP contribution < -0.4 is 4.74 Å². The molecule has 0 bridgehead atoms. The zero-order valence-corrected chi connectivity index (χ0v) is 14.3. The molecule has 0 amide bonds. The minimum atomic E-state index is -0.980. The first-order chi connectivity index (χ1) is 11.5. The van der Waals surface area contributed by atoms with Gasteiger partial charge in [0.2, 0.25) is 0 Å². The highest BCUT2D eigenvalue weighted by Crippen LogP contribution is 2.41. The molecule has 2 radical (unpaired) electrons. The molecule has 5 heteroatoms. The summed E-state index contributed by atoms with van der Waals surface area (Å²) in [6.07, 6.45) is 4.01. The van der Waals surface area contributed by atoms with Crippen molar-refractivity contribution in [2.75, 3.05) is 7.11 Å². The Morgan fingerprint density at radius 3 is 2.46 bits per heavy atom. The topological polar surface area (TPSA) is 52.6 Å². The van der Waals surface area contributed by atoms with E-state index in [-0.39, 0.29) is 11.1 Å². The Bertz CT molecular complexity index is 822.